The Labute approximate surface area is 193 Å². The van der Waals surface area contributed by atoms with Crippen LogP contribution in [0.1, 0.15) is 11.1 Å². The van der Waals surface area contributed by atoms with Gasteiger partial charge in [0.05, 0.1) is 5.69 Å². The highest BCUT2D eigenvalue weighted by atomic mass is 19.3. The molecule has 0 unspecified atom stereocenters. The zero-order chi connectivity index (χ0) is 25.5. The van der Waals surface area contributed by atoms with Crippen molar-refractivity contribution in [1.29, 1.82) is 0 Å². The Hall–Kier alpha value is -3.95. The molecule has 0 amide bonds. The molecule has 0 N–H and O–H groups in total. The summed E-state index contributed by atoms with van der Waals surface area (Å²) in [5.41, 5.74) is -1.03. The molecular weight excluding hydrogens is 482 g/mol. The Balaban J connectivity index is 1.67. The minimum atomic E-state index is -4.61. The molecule has 3 aromatic carbocycles. The van der Waals surface area contributed by atoms with Crippen molar-refractivity contribution in [3.63, 3.8) is 0 Å². The predicted octanol–water partition coefficient (Wildman–Crippen LogP) is 7.69. The van der Waals surface area contributed by atoms with Crippen molar-refractivity contribution in [2.75, 3.05) is 0 Å². The quantitative estimate of drug-likeness (QED) is 0.209. The molecule has 10 heteroatoms. The molecule has 0 fully saturated rings. The summed E-state index contributed by atoms with van der Waals surface area (Å²) in [4.78, 5) is 4.15. The van der Waals surface area contributed by atoms with Crippen molar-refractivity contribution in [3.05, 3.63) is 107 Å². The average Bonchev–Trinajstić information content (AvgIpc) is 2.79. The van der Waals surface area contributed by atoms with E-state index >= 15 is 0 Å². The molecule has 1 aromatic heterocycles. The van der Waals surface area contributed by atoms with Crippen LogP contribution in [0, 0.1) is 41.8 Å². The molecule has 0 radical (unpaired) electrons. The lowest BCUT2D eigenvalue weighted by Crippen LogP contribution is -2.24. The molecule has 0 saturated heterocycles. The molecule has 0 spiro atoms. The fraction of sp³-hybridized carbons (Fsp3) is 0.0800. The molecular formula is C25H13F8NO. The van der Waals surface area contributed by atoms with E-state index in [1.165, 1.54) is 6.07 Å². The summed E-state index contributed by atoms with van der Waals surface area (Å²) in [6.07, 6.45) is -3.05. The minimum absolute atomic E-state index is 0.120. The number of alkyl halides is 2. The van der Waals surface area contributed by atoms with E-state index in [2.05, 4.69) is 9.72 Å². The van der Waals surface area contributed by atoms with E-state index in [0.29, 0.717) is 23.4 Å². The summed E-state index contributed by atoms with van der Waals surface area (Å²) in [6, 6.07) is 8.35. The molecule has 35 heavy (non-hydrogen) atoms. The number of pyridine rings is 1. The second-order valence-corrected chi connectivity index (χ2v) is 7.52. The van der Waals surface area contributed by atoms with Crippen LogP contribution < -0.4 is 4.74 Å². The third-order valence-corrected chi connectivity index (χ3v) is 5.07. The third-order valence-electron chi connectivity index (χ3n) is 5.07. The highest BCUT2D eigenvalue weighted by Gasteiger charge is 2.40. The number of aryl methyl sites for hydroxylation is 1. The van der Waals surface area contributed by atoms with Crippen molar-refractivity contribution in [2.45, 2.75) is 13.0 Å². The van der Waals surface area contributed by atoms with Gasteiger partial charge in [0.1, 0.15) is 17.1 Å². The van der Waals surface area contributed by atoms with Gasteiger partial charge in [-0.1, -0.05) is 24.3 Å². The summed E-state index contributed by atoms with van der Waals surface area (Å²) in [5.74, 6) is -11.6. The van der Waals surface area contributed by atoms with Gasteiger partial charge in [-0.15, -0.1) is 0 Å². The zero-order valence-corrected chi connectivity index (χ0v) is 17.7. The fourth-order valence-corrected chi connectivity index (χ4v) is 3.31. The Bertz CT molecular complexity index is 1400. The molecule has 0 aliphatic carbocycles. The van der Waals surface area contributed by atoms with Crippen molar-refractivity contribution in [2.24, 2.45) is 0 Å². The lowest BCUT2D eigenvalue weighted by atomic mass is 9.99. The monoisotopic (exact) mass is 495 g/mol. The second kappa shape index (κ2) is 9.01. The molecule has 0 bridgehead atoms. The van der Waals surface area contributed by atoms with Crippen LogP contribution in [0.2, 0.25) is 0 Å². The summed E-state index contributed by atoms with van der Waals surface area (Å²) in [7, 11) is 0. The highest BCUT2D eigenvalue weighted by Crippen LogP contribution is 2.38. The molecule has 0 aliphatic heterocycles. The Morgan fingerprint density at radius 3 is 1.94 bits per heavy atom. The van der Waals surface area contributed by atoms with Gasteiger partial charge in [0, 0.05) is 35.0 Å². The number of hydrogen-bond donors (Lipinski definition) is 0. The molecule has 4 aromatic rings. The van der Waals surface area contributed by atoms with E-state index < -0.39 is 63.5 Å². The summed E-state index contributed by atoms with van der Waals surface area (Å²) in [5, 5.41) is 0. The lowest BCUT2D eigenvalue weighted by molar-refractivity contribution is -0.187. The standard InChI is InChI=1S/C25H13F8NO/c1-12-2-7-21(34-11-12)13-3-4-15(18(26)8-13)16-5-6-17(23(30)22(16)29)25(32,33)35-14-9-19(27)24(31)20(28)10-14/h2-11H,1H3. The summed E-state index contributed by atoms with van der Waals surface area (Å²) >= 11 is 0. The molecule has 1 heterocycles. The lowest BCUT2D eigenvalue weighted by Gasteiger charge is -2.20. The van der Waals surface area contributed by atoms with E-state index in [1.807, 2.05) is 6.92 Å². The third kappa shape index (κ3) is 4.68. The van der Waals surface area contributed by atoms with E-state index in [0.717, 1.165) is 17.7 Å². The van der Waals surface area contributed by atoms with Crippen molar-refractivity contribution >= 4 is 0 Å². The zero-order valence-electron chi connectivity index (χ0n) is 17.7. The Morgan fingerprint density at radius 1 is 0.686 bits per heavy atom. The first-order valence-corrected chi connectivity index (χ1v) is 9.90. The van der Waals surface area contributed by atoms with Gasteiger partial charge >= 0.3 is 6.11 Å². The SMILES string of the molecule is Cc1ccc(-c2ccc(-c3ccc(C(F)(F)Oc4cc(F)c(F)c(F)c4)c(F)c3F)c(F)c2)nc1. The normalized spacial score (nSPS) is 11.6. The van der Waals surface area contributed by atoms with Gasteiger partial charge in [-0.05, 0) is 30.7 Å². The van der Waals surface area contributed by atoms with Crippen LogP contribution in [0.3, 0.4) is 0 Å². The molecule has 4 rings (SSSR count). The van der Waals surface area contributed by atoms with E-state index in [9.17, 15) is 35.1 Å². The summed E-state index contributed by atoms with van der Waals surface area (Å²) < 4.78 is 117. The number of halogens is 8. The minimum Gasteiger partial charge on any atom is -0.429 e. The first kappa shape index (κ1) is 24.2. The Morgan fingerprint density at radius 2 is 1.34 bits per heavy atom. The number of nitrogens with zero attached hydrogens (tertiary/aromatic N) is 1. The maximum absolute atomic E-state index is 14.8. The molecule has 180 valence electrons. The van der Waals surface area contributed by atoms with E-state index in [4.69, 9.17) is 0 Å². The Kier molecular flexibility index (Phi) is 6.23. The second-order valence-electron chi connectivity index (χ2n) is 7.52. The maximum Gasteiger partial charge on any atom is 0.429 e. The van der Waals surface area contributed by atoms with Crippen LogP contribution in [0.4, 0.5) is 35.1 Å². The topological polar surface area (TPSA) is 22.1 Å². The van der Waals surface area contributed by atoms with Crippen LogP contribution in [0.15, 0.2) is 60.8 Å². The van der Waals surface area contributed by atoms with E-state index in [1.54, 1.807) is 18.3 Å². The number of rotatable bonds is 5. The van der Waals surface area contributed by atoms with Gasteiger partial charge in [-0.25, -0.2) is 26.3 Å². The number of ether oxygens (including phenoxy) is 1. The number of aromatic nitrogens is 1. The molecule has 2 nitrogen and oxygen atoms in total. The van der Waals surface area contributed by atoms with Crippen LogP contribution in [0.25, 0.3) is 22.4 Å². The number of hydrogen-bond acceptors (Lipinski definition) is 2. The van der Waals surface area contributed by atoms with Gasteiger partial charge in [0.25, 0.3) is 0 Å². The number of benzene rings is 3. The van der Waals surface area contributed by atoms with Gasteiger partial charge in [0.2, 0.25) is 0 Å². The van der Waals surface area contributed by atoms with Gasteiger partial charge < -0.3 is 4.74 Å². The molecule has 0 atom stereocenters. The average molecular weight is 495 g/mol. The fourth-order valence-electron chi connectivity index (χ4n) is 3.31. The largest absolute Gasteiger partial charge is 0.429 e. The molecule has 0 saturated carbocycles. The van der Waals surface area contributed by atoms with Crippen LogP contribution in [0.5, 0.6) is 5.75 Å². The maximum atomic E-state index is 14.8. The van der Waals surface area contributed by atoms with Crippen LogP contribution >= 0.6 is 0 Å². The summed E-state index contributed by atoms with van der Waals surface area (Å²) in [6.45, 7) is 1.81. The van der Waals surface area contributed by atoms with Crippen LogP contribution in [-0.4, -0.2) is 4.98 Å². The van der Waals surface area contributed by atoms with Crippen LogP contribution in [-0.2, 0) is 6.11 Å². The highest BCUT2D eigenvalue weighted by molar-refractivity contribution is 5.70. The first-order chi connectivity index (χ1) is 16.5. The van der Waals surface area contributed by atoms with Gasteiger partial charge in [0.15, 0.2) is 29.1 Å². The van der Waals surface area contributed by atoms with Crippen molar-refractivity contribution in [1.82, 2.24) is 4.98 Å². The van der Waals surface area contributed by atoms with Gasteiger partial charge in [-0.2, -0.15) is 8.78 Å². The van der Waals surface area contributed by atoms with Crippen molar-refractivity contribution < 1.29 is 39.9 Å². The first-order valence-electron chi connectivity index (χ1n) is 9.90. The van der Waals surface area contributed by atoms with E-state index in [-0.39, 0.29) is 12.1 Å². The predicted molar refractivity (Wildman–Crippen MR) is 111 cm³/mol. The smallest absolute Gasteiger partial charge is 0.429 e. The van der Waals surface area contributed by atoms with Crippen molar-refractivity contribution in [3.8, 4) is 28.1 Å². The molecule has 0 aliphatic rings. The van der Waals surface area contributed by atoms with Gasteiger partial charge in [-0.3, -0.25) is 4.98 Å².